The highest BCUT2D eigenvalue weighted by molar-refractivity contribution is 5.91. The van der Waals surface area contributed by atoms with Crippen molar-refractivity contribution >= 4 is 12.0 Å². The lowest BCUT2D eigenvalue weighted by Crippen LogP contribution is -2.11. The molecule has 2 nitrogen and oxygen atoms in total. The van der Waals surface area contributed by atoms with Crippen LogP contribution in [0.3, 0.4) is 0 Å². The standard InChI is InChI=1S/C15H16O2/c1-9-3-4-10-7-12(15(16)17-2)8-11-5-6-13(9)14(10)11/h3-4,7-9,13H,5-6H2,1-2H3. The highest BCUT2D eigenvalue weighted by atomic mass is 16.5. The summed E-state index contributed by atoms with van der Waals surface area (Å²) in [7, 11) is 1.43. The van der Waals surface area contributed by atoms with Gasteiger partial charge in [-0.1, -0.05) is 19.1 Å². The zero-order valence-electron chi connectivity index (χ0n) is 10.2. The Morgan fingerprint density at radius 3 is 3.00 bits per heavy atom. The van der Waals surface area contributed by atoms with Gasteiger partial charge in [0.05, 0.1) is 12.7 Å². The minimum atomic E-state index is -0.237. The average Bonchev–Trinajstić information content (AvgIpc) is 2.78. The molecular formula is C15H16O2. The number of hydrogen-bond acceptors (Lipinski definition) is 2. The normalized spacial score (nSPS) is 24.6. The smallest absolute Gasteiger partial charge is 0.337 e. The van der Waals surface area contributed by atoms with Gasteiger partial charge in [-0.05, 0) is 53.5 Å². The molecule has 2 unspecified atom stereocenters. The fraction of sp³-hybridized carbons (Fsp3) is 0.400. The molecule has 2 heteroatoms. The van der Waals surface area contributed by atoms with Crippen molar-refractivity contribution in [3.05, 3.63) is 40.5 Å². The Bertz CT molecular complexity index is 514. The van der Waals surface area contributed by atoms with E-state index in [9.17, 15) is 4.79 Å². The summed E-state index contributed by atoms with van der Waals surface area (Å²) in [5, 5.41) is 0. The molecule has 17 heavy (non-hydrogen) atoms. The van der Waals surface area contributed by atoms with Crippen molar-refractivity contribution in [2.24, 2.45) is 5.92 Å². The van der Waals surface area contributed by atoms with Crippen LogP contribution in [0.1, 0.15) is 46.3 Å². The Hall–Kier alpha value is -1.57. The summed E-state index contributed by atoms with van der Waals surface area (Å²) in [5.74, 6) is 1.03. The molecule has 0 aliphatic heterocycles. The van der Waals surface area contributed by atoms with Crippen molar-refractivity contribution in [1.29, 1.82) is 0 Å². The van der Waals surface area contributed by atoms with Crippen molar-refractivity contribution < 1.29 is 9.53 Å². The molecule has 0 spiro atoms. The average molecular weight is 228 g/mol. The van der Waals surface area contributed by atoms with Gasteiger partial charge in [0.2, 0.25) is 0 Å². The number of aryl methyl sites for hydroxylation is 1. The third-order valence-electron chi connectivity index (χ3n) is 4.03. The summed E-state index contributed by atoms with van der Waals surface area (Å²) in [5.41, 5.74) is 4.70. The molecule has 88 valence electrons. The number of rotatable bonds is 1. The monoisotopic (exact) mass is 228 g/mol. The summed E-state index contributed by atoms with van der Waals surface area (Å²) in [6, 6.07) is 3.97. The molecule has 0 saturated carbocycles. The third kappa shape index (κ3) is 1.51. The maximum absolute atomic E-state index is 11.6. The first-order valence-corrected chi connectivity index (χ1v) is 6.14. The van der Waals surface area contributed by atoms with Crippen LogP contribution in [0.2, 0.25) is 0 Å². The number of methoxy groups -OCH3 is 1. The fourth-order valence-corrected chi connectivity index (χ4v) is 3.14. The van der Waals surface area contributed by atoms with Crippen LogP contribution in [-0.4, -0.2) is 13.1 Å². The molecule has 0 radical (unpaired) electrons. The minimum Gasteiger partial charge on any atom is -0.465 e. The highest BCUT2D eigenvalue weighted by Crippen LogP contribution is 2.44. The van der Waals surface area contributed by atoms with Crippen molar-refractivity contribution in [2.75, 3.05) is 7.11 Å². The summed E-state index contributed by atoms with van der Waals surface area (Å²) in [4.78, 5) is 11.6. The topological polar surface area (TPSA) is 26.3 Å². The van der Waals surface area contributed by atoms with Gasteiger partial charge in [0.15, 0.2) is 0 Å². The van der Waals surface area contributed by atoms with E-state index in [0.29, 0.717) is 17.4 Å². The Labute approximate surface area is 101 Å². The first-order valence-electron chi connectivity index (χ1n) is 6.14. The van der Waals surface area contributed by atoms with Crippen molar-refractivity contribution in [3.8, 4) is 0 Å². The number of benzene rings is 1. The van der Waals surface area contributed by atoms with Gasteiger partial charge in [0, 0.05) is 0 Å². The van der Waals surface area contributed by atoms with E-state index in [1.54, 1.807) is 0 Å². The van der Waals surface area contributed by atoms with Crippen LogP contribution in [0.15, 0.2) is 18.2 Å². The molecule has 0 N–H and O–H groups in total. The van der Waals surface area contributed by atoms with Crippen LogP contribution in [0.4, 0.5) is 0 Å². The number of allylic oxidation sites excluding steroid dienone is 1. The lowest BCUT2D eigenvalue weighted by molar-refractivity contribution is 0.0600. The van der Waals surface area contributed by atoms with Gasteiger partial charge in [0.1, 0.15) is 0 Å². The maximum atomic E-state index is 11.6. The second kappa shape index (κ2) is 3.73. The number of carbonyl (C=O) groups excluding carboxylic acids is 1. The van der Waals surface area contributed by atoms with Crippen LogP contribution >= 0.6 is 0 Å². The van der Waals surface area contributed by atoms with E-state index in [2.05, 4.69) is 19.1 Å². The quantitative estimate of drug-likeness (QED) is 0.690. The second-order valence-corrected chi connectivity index (χ2v) is 4.99. The van der Waals surface area contributed by atoms with Crippen molar-refractivity contribution in [3.63, 3.8) is 0 Å². The van der Waals surface area contributed by atoms with Crippen LogP contribution in [-0.2, 0) is 11.2 Å². The molecule has 0 saturated heterocycles. The summed E-state index contributed by atoms with van der Waals surface area (Å²) in [6.07, 6.45) is 6.70. The second-order valence-electron chi connectivity index (χ2n) is 4.99. The Kier molecular flexibility index (Phi) is 2.32. The predicted molar refractivity (Wildman–Crippen MR) is 67.0 cm³/mol. The van der Waals surface area contributed by atoms with Gasteiger partial charge >= 0.3 is 5.97 Å². The minimum absolute atomic E-state index is 0.237. The fourth-order valence-electron chi connectivity index (χ4n) is 3.14. The van der Waals surface area contributed by atoms with Gasteiger partial charge < -0.3 is 4.74 Å². The number of ether oxygens (including phenoxy) is 1. The van der Waals surface area contributed by atoms with E-state index < -0.39 is 0 Å². The highest BCUT2D eigenvalue weighted by Gasteiger charge is 2.31. The molecule has 2 atom stereocenters. The maximum Gasteiger partial charge on any atom is 0.337 e. The summed E-state index contributed by atoms with van der Waals surface area (Å²) >= 11 is 0. The largest absolute Gasteiger partial charge is 0.465 e. The molecule has 1 aromatic carbocycles. The number of hydrogen-bond donors (Lipinski definition) is 0. The Balaban J connectivity index is 2.15. The molecule has 0 fully saturated rings. The molecule has 3 rings (SSSR count). The third-order valence-corrected chi connectivity index (χ3v) is 4.03. The zero-order valence-corrected chi connectivity index (χ0v) is 10.2. The van der Waals surface area contributed by atoms with Gasteiger partial charge in [-0.15, -0.1) is 0 Å². The van der Waals surface area contributed by atoms with E-state index in [-0.39, 0.29) is 5.97 Å². The Morgan fingerprint density at radius 1 is 1.41 bits per heavy atom. The SMILES string of the molecule is COC(=O)c1cc2c3c(c1)CCC3C(C)C=C2. The van der Waals surface area contributed by atoms with Gasteiger partial charge in [0.25, 0.3) is 0 Å². The van der Waals surface area contributed by atoms with E-state index in [1.165, 1.54) is 30.2 Å². The molecule has 0 amide bonds. The predicted octanol–water partition coefficient (Wildman–Crippen LogP) is 3.17. The lowest BCUT2D eigenvalue weighted by atomic mass is 9.81. The van der Waals surface area contributed by atoms with E-state index >= 15 is 0 Å². The number of carbonyl (C=O) groups is 1. The van der Waals surface area contributed by atoms with Gasteiger partial charge in [-0.2, -0.15) is 0 Å². The Morgan fingerprint density at radius 2 is 2.24 bits per heavy atom. The van der Waals surface area contributed by atoms with Gasteiger partial charge in [-0.25, -0.2) is 4.79 Å². The first kappa shape index (κ1) is 10.6. The summed E-state index contributed by atoms with van der Waals surface area (Å²) < 4.78 is 4.80. The van der Waals surface area contributed by atoms with Crippen LogP contribution in [0, 0.1) is 5.92 Å². The van der Waals surface area contributed by atoms with Gasteiger partial charge in [-0.3, -0.25) is 0 Å². The van der Waals surface area contributed by atoms with Crippen molar-refractivity contribution in [2.45, 2.75) is 25.7 Å². The molecule has 0 heterocycles. The lowest BCUT2D eigenvalue weighted by Gasteiger charge is -2.23. The summed E-state index contributed by atoms with van der Waals surface area (Å²) in [6.45, 7) is 2.27. The molecule has 0 bridgehead atoms. The molecule has 1 aromatic rings. The molecular weight excluding hydrogens is 212 g/mol. The van der Waals surface area contributed by atoms with Crippen LogP contribution < -0.4 is 0 Å². The van der Waals surface area contributed by atoms with E-state index in [4.69, 9.17) is 4.74 Å². The van der Waals surface area contributed by atoms with E-state index in [1.807, 2.05) is 12.1 Å². The van der Waals surface area contributed by atoms with E-state index in [0.717, 1.165) is 6.42 Å². The first-order chi connectivity index (χ1) is 8.20. The van der Waals surface area contributed by atoms with Crippen LogP contribution in [0.25, 0.3) is 6.08 Å². The molecule has 0 aromatic heterocycles. The van der Waals surface area contributed by atoms with Crippen LogP contribution in [0.5, 0.6) is 0 Å². The van der Waals surface area contributed by atoms with Crippen molar-refractivity contribution in [1.82, 2.24) is 0 Å². The molecule has 2 aliphatic rings. The zero-order chi connectivity index (χ0) is 12.0. The molecule has 2 aliphatic carbocycles. The number of esters is 1.